The number of rotatable bonds is 4. The minimum absolute atomic E-state index is 0.535. The van der Waals surface area contributed by atoms with Crippen LogP contribution in [-0.2, 0) is 19.5 Å². The first kappa shape index (κ1) is 17.2. The molecule has 0 aliphatic carbocycles. The summed E-state index contributed by atoms with van der Waals surface area (Å²) in [6.45, 7) is 7.06. The minimum atomic E-state index is 0.535. The smallest absolute Gasteiger partial charge is 0.159 e. The fourth-order valence-corrected chi connectivity index (χ4v) is 4.06. The molecule has 0 saturated carbocycles. The van der Waals surface area contributed by atoms with Gasteiger partial charge in [-0.3, -0.25) is 4.90 Å². The van der Waals surface area contributed by atoms with Gasteiger partial charge in [-0.2, -0.15) is 5.10 Å². The first-order valence-electron chi connectivity index (χ1n) is 9.27. The number of benzene rings is 1. The van der Waals surface area contributed by atoms with Crippen LogP contribution >= 0.6 is 0 Å². The molecule has 1 aliphatic heterocycles. The molecule has 5 heteroatoms. The van der Waals surface area contributed by atoms with Crippen molar-refractivity contribution in [2.45, 2.75) is 39.4 Å². The molecule has 1 atom stereocenters. The van der Waals surface area contributed by atoms with E-state index in [-0.39, 0.29) is 0 Å². The molecule has 0 spiro atoms. The van der Waals surface area contributed by atoms with Crippen LogP contribution in [0.4, 0.5) is 0 Å². The van der Waals surface area contributed by atoms with Gasteiger partial charge in [-0.15, -0.1) is 0 Å². The fourth-order valence-electron chi connectivity index (χ4n) is 4.06. The van der Waals surface area contributed by atoms with E-state index in [2.05, 4.69) is 66.2 Å². The monoisotopic (exact) mass is 349 g/mol. The summed E-state index contributed by atoms with van der Waals surface area (Å²) >= 11 is 0. The van der Waals surface area contributed by atoms with Gasteiger partial charge in [0.05, 0.1) is 6.20 Å². The van der Waals surface area contributed by atoms with Crippen molar-refractivity contribution in [3.8, 4) is 0 Å². The average molecular weight is 349 g/mol. The molecule has 1 aromatic carbocycles. The summed E-state index contributed by atoms with van der Waals surface area (Å²) < 4.78 is 1.94. The third-order valence-electron chi connectivity index (χ3n) is 5.43. The predicted octanol–water partition coefficient (Wildman–Crippen LogP) is 2.83. The van der Waals surface area contributed by atoms with E-state index in [1.807, 2.05) is 17.6 Å². The minimum Gasteiger partial charge on any atom is -0.300 e. The fraction of sp³-hybridized carbons (Fsp3) is 0.429. The van der Waals surface area contributed by atoms with Crippen molar-refractivity contribution in [1.82, 2.24) is 24.4 Å². The van der Waals surface area contributed by atoms with Crippen molar-refractivity contribution in [3.63, 3.8) is 0 Å². The van der Waals surface area contributed by atoms with E-state index >= 15 is 0 Å². The van der Waals surface area contributed by atoms with Crippen LogP contribution in [0.3, 0.4) is 0 Å². The van der Waals surface area contributed by atoms with Crippen LogP contribution in [0.15, 0.2) is 36.5 Å². The lowest BCUT2D eigenvalue weighted by Crippen LogP contribution is -2.44. The first-order chi connectivity index (χ1) is 12.5. The van der Waals surface area contributed by atoms with Gasteiger partial charge >= 0.3 is 0 Å². The van der Waals surface area contributed by atoms with Gasteiger partial charge in [0.25, 0.3) is 0 Å². The molecule has 2 aromatic heterocycles. The molecular weight excluding hydrogens is 322 g/mol. The standard InChI is InChI=1S/C21H27N5/c1-15-9-16(2)26-21(23-15)19(11-22-26)12-24(3)14-20-10-17-7-5-6-8-18(17)13-25(20)4/h5-9,11,20H,10,12-14H2,1-4H3/t20-/m1/s1. The molecule has 1 aliphatic rings. The van der Waals surface area contributed by atoms with E-state index < -0.39 is 0 Å². The Labute approximate surface area is 155 Å². The van der Waals surface area contributed by atoms with Gasteiger partial charge in [-0.05, 0) is 51.6 Å². The summed E-state index contributed by atoms with van der Waals surface area (Å²) in [5.74, 6) is 0. The van der Waals surface area contributed by atoms with Gasteiger partial charge in [0.2, 0.25) is 0 Å². The molecule has 136 valence electrons. The van der Waals surface area contributed by atoms with Crippen molar-refractivity contribution in [3.05, 3.63) is 64.6 Å². The Morgan fingerprint density at radius 1 is 1.19 bits per heavy atom. The molecule has 0 amide bonds. The molecule has 4 rings (SSSR count). The Morgan fingerprint density at radius 3 is 2.77 bits per heavy atom. The van der Waals surface area contributed by atoms with Crippen molar-refractivity contribution < 1.29 is 0 Å². The molecule has 0 bridgehead atoms. The first-order valence-corrected chi connectivity index (χ1v) is 9.27. The molecule has 0 fully saturated rings. The lowest BCUT2D eigenvalue weighted by molar-refractivity contribution is 0.159. The highest BCUT2D eigenvalue weighted by atomic mass is 15.3. The van der Waals surface area contributed by atoms with E-state index in [1.54, 1.807) is 0 Å². The third-order valence-corrected chi connectivity index (χ3v) is 5.43. The van der Waals surface area contributed by atoms with E-state index in [1.165, 1.54) is 16.7 Å². The number of aromatic nitrogens is 3. The highest BCUT2D eigenvalue weighted by Crippen LogP contribution is 2.23. The second kappa shape index (κ2) is 6.82. The van der Waals surface area contributed by atoms with E-state index in [0.29, 0.717) is 6.04 Å². The van der Waals surface area contributed by atoms with Crippen molar-refractivity contribution in [2.75, 3.05) is 20.6 Å². The molecule has 5 nitrogen and oxygen atoms in total. The zero-order valence-corrected chi connectivity index (χ0v) is 16.1. The molecule has 0 radical (unpaired) electrons. The van der Waals surface area contributed by atoms with E-state index in [9.17, 15) is 0 Å². The quantitative estimate of drug-likeness (QED) is 0.726. The van der Waals surface area contributed by atoms with Gasteiger partial charge < -0.3 is 4.90 Å². The van der Waals surface area contributed by atoms with Crippen LogP contribution in [0.2, 0.25) is 0 Å². The Hall–Kier alpha value is -2.24. The van der Waals surface area contributed by atoms with Crippen LogP contribution in [0.1, 0.15) is 28.1 Å². The summed E-state index contributed by atoms with van der Waals surface area (Å²) in [4.78, 5) is 9.57. The van der Waals surface area contributed by atoms with Gasteiger partial charge in [-0.1, -0.05) is 24.3 Å². The lowest BCUT2D eigenvalue weighted by Gasteiger charge is -2.36. The van der Waals surface area contributed by atoms with Crippen LogP contribution < -0.4 is 0 Å². The molecule has 3 heterocycles. The Balaban J connectivity index is 1.49. The highest BCUT2D eigenvalue weighted by molar-refractivity contribution is 5.47. The molecule has 0 saturated heterocycles. The van der Waals surface area contributed by atoms with Crippen LogP contribution in [0.25, 0.3) is 5.65 Å². The summed E-state index contributed by atoms with van der Waals surface area (Å²) in [5.41, 5.74) is 7.31. The maximum Gasteiger partial charge on any atom is 0.159 e. The Morgan fingerprint density at radius 2 is 1.96 bits per heavy atom. The predicted molar refractivity (Wildman–Crippen MR) is 104 cm³/mol. The number of aryl methyl sites for hydroxylation is 2. The van der Waals surface area contributed by atoms with Crippen molar-refractivity contribution in [2.24, 2.45) is 0 Å². The maximum atomic E-state index is 4.70. The van der Waals surface area contributed by atoms with Crippen molar-refractivity contribution >= 4 is 5.65 Å². The maximum absolute atomic E-state index is 4.70. The van der Waals surface area contributed by atoms with Crippen LogP contribution in [0, 0.1) is 13.8 Å². The molecule has 0 N–H and O–H groups in total. The van der Waals surface area contributed by atoms with E-state index in [4.69, 9.17) is 4.98 Å². The Bertz CT molecular complexity index is 929. The number of hydrogen-bond acceptors (Lipinski definition) is 4. The lowest BCUT2D eigenvalue weighted by atomic mass is 9.94. The van der Waals surface area contributed by atoms with Gasteiger partial charge in [0.1, 0.15) is 0 Å². The summed E-state index contributed by atoms with van der Waals surface area (Å²) in [5, 5.41) is 4.52. The van der Waals surface area contributed by atoms with Gasteiger partial charge in [-0.25, -0.2) is 9.50 Å². The summed E-state index contributed by atoms with van der Waals surface area (Å²) in [6.07, 6.45) is 3.08. The zero-order valence-electron chi connectivity index (χ0n) is 16.1. The van der Waals surface area contributed by atoms with Gasteiger partial charge in [0, 0.05) is 42.6 Å². The summed E-state index contributed by atoms with van der Waals surface area (Å²) in [7, 11) is 4.43. The van der Waals surface area contributed by atoms with Gasteiger partial charge in [0.15, 0.2) is 5.65 Å². The summed E-state index contributed by atoms with van der Waals surface area (Å²) in [6, 6.07) is 11.4. The second-order valence-corrected chi connectivity index (χ2v) is 7.68. The zero-order chi connectivity index (χ0) is 18.3. The molecule has 26 heavy (non-hydrogen) atoms. The van der Waals surface area contributed by atoms with Crippen LogP contribution in [0.5, 0.6) is 0 Å². The van der Waals surface area contributed by atoms with Crippen molar-refractivity contribution in [1.29, 1.82) is 0 Å². The molecule has 0 unspecified atom stereocenters. The van der Waals surface area contributed by atoms with Crippen LogP contribution in [-0.4, -0.2) is 51.1 Å². The third kappa shape index (κ3) is 3.24. The molecular formula is C21H27N5. The Kier molecular flexibility index (Phi) is 4.51. The number of fused-ring (bicyclic) bond motifs is 2. The molecule has 3 aromatic rings. The number of hydrogen-bond donors (Lipinski definition) is 0. The van der Waals surface area contributed by atoms with E-state index in [0.717, 1.165) is 43.1 Å². The average Bonchev–Trinajstić information content (AvgIpc) is 2.98. The number of likely N-dealkylation sites (N-methyl/N-ethyl adjacent to an activating group) is 2. The number of nitrogens with zero attached hydrogens (tertiary/aromatic N) is 5. The highest BCUT2D eigenvalue weighted by Gasteiger charge is 2.24. The SMILES string of the molecule is Cc1cc(C)n2ncc(CN(C)C[C@H]3Cc4ccccc4CN3C)c2n1. The second-order valence-electron chi connectivity index (χ2n) is 7.68. The normalized spacial score (nSPS) is 17.8. The topological polar surface area (TPSA) is 36.7 Å². The largest absolute Gasteiger partial charge is 0.300 e.